The smallest absolute Gasteiger partial charge is 0.254 e. The van der Waals surface area contributed by atoms with Crippen LogP contribution in [0, 0.1) is 12.7 Å². The van der Waals surface area contributed by atoms with Crippen LogP contribution in [0.15, 0.2) is 30.3 Å². The van der Waals surface area contributed by atoms with Gasteiger partial charge in [-0.3, -0.25) is 4.79 Å². The van der Waals surface area contributed by atoms with Gasteiger partial charge in [0.25, 0.3) is 5.91 Å². The fourth-order valence-corrected chi connectivity index (χ4v) is 2.88. The number of nitrogen functional groups attached to an aromatic ring is 1. The highest BCUT2D eigenvalue weighted by Gasteiger charge is 2.20. The Morgan fingerprint density at radius 1 is 1.35 bits per heavy atom. The van der Waals surface area contributed by atoms with Crippen molar-refractivity contribution in [2.45, 2.75) is 19.9 Å². The molecule has 106 valence electrons. The van der Waals surface area contributed by atoms with Gasteiger partial charge in [-0.25, -0.2) is 4.39 Å². The number of hydrogen-bond donors (Lipinski definition) is 1. The van der Waals surface area contributed by atoms with Crippen LogP contribution in [0.3, 0.4) is 0 Å². The topological polar surface area (TPSA) is 46.3 Å². The molecule has 0 radical (unpaired) electrons. The van der Waals surface area contributed by atoms with Crippen LogP contribution in [0.2, 0.25) is 0 Å². The van der Waals surface area contributed by atoms with Crippen molar-refractivity contribution in [2.75, 3.05) is 12.8 Å². The van der Waals surface area contributed by atoms with Crippen molar-refractivity contribution in [3.05, 3.63) is 51.5 Å². The second-order valence-electron chi connectivity index (χ2n) is 4.78. The van der Waals surface area contributed by atoms with Crippen LogP contribution in [0.25, 0.3) is 0 Å². The molecule has 5 heteroatoms. The summed E-state index contributed by atoms with van der Waals surface area (Å²) in [4.78, 5) is 16.3. The van der Waals surface area contributed by atoms with Crippen molar-refractivity contribution in [3.8, 4) is 0 Å². The van der Waals surface area contributed by atoms with Crippen LogP contribution >= 0.6 is 11.3 Å². The number of rotatable bonds is 3. The van der Waals surface area contributed by atoms with Crippen LogP contribution in [-0.4, -0.2) is 17.9 Å². The molecule has 0 saturated carbocycles. The van der Waals surface area contributed by atoms with Crippen LogP contribution in [0.1, 0.15) is 33.1 Å². The molecular formula is C15H17FN2OS. The number of aryl methyl sites for hydroxylation is 1. The third-order valence-corrected chi connectivity index (χ3v) is 4.49. The number of nitrogens with zero attached hydrogens (tertiary/aromatic N) is 1. The Bertz CT molecular complexity index is 639. The highest BCUT2D eigenvalue weighted by Crippen LogP contribution is 2.27. The van der Waals surface area contributed by atoms with E-state index in [1.807, 2.05) is 26.0 Å². The number of carbonyl (C=O) groups is 1. The summed E-state index contributed by atoms with van der Waals surface area (Å²) in [6, 6.07) is 8.12. The van der Waals surface area contributed by atoms with Crippen molar-refractivity contribution in [1.82, 2.24) is 4.90 Å². The molecule has 1 heterocycles. The summed E-state index contributed by atoms with van der Waals surface area (Å²) in [6.45, 7) is 3.98. The molecule has 0 aliphatic carbocycles. The SMILES string of the molecule is Cc1ccc(C(C)N(C)C(=O)c2ccc(N)c(F)c2)s1. The van der Waals surface area contributed by atoms with E-state index in [9.17, 15) is 9.18 Å². The van der Waals surface area contributed by atoms with Crippen LogP contribution in [-0.2, 0) is 0 Å². The Morgan fingerprint density at radius 3 is 2.60 bits per heavy atom. The first-order valence-corrected chi connectivity index (χ1v) is 7.10. The van der Waals surface area contributed by atoms with Crippen molar-refractivity contribution in [2.24, 2.45) is 0 Å². The Hall–Kier alpha value is -1.88. The monoisotopic (exact) mass is 292 g/mol. The minimum atomic E-state index is -0.566. The number of carbonyl (C=O) groups excluding carboxylic acids is 1. The average Bonchev–Trinajstić information content (AvgIpc) is 2.86. The molecule has 20 heavy (non-hydrogen) atoms. The first kappa shape index (κ1) is 14.5. The summed E-state index contributed by atoms with van der Waals surface area (Å²) in [5, 5.41) is 0. The molecule has 2 rings (SSSR count). The molecule has 0 saturated heterocycles. The normalized spacial score (nSPS) is 12.2. The first-order valence-electron chi connectivity index (χ1n) is 6.28. The zero-order chi connectivity index (χ0) is 14.9. The molecule has 2 N–H and O–H groups in total. The predicted octanol–water partition coefficient (Wildman–Crippen LogP) is 3.61. The van der Waals surface area contributed by atoms with E-state index >= 15 is 0 Å². The fraction of sp³-hybridized carbons (Fsp3) is 0.267. The predicted molar refractivity (Wildman–Crippen MR) is 80.4 cm³/mol. The van der Waals surface area contributed by atoms with Crippen molar-refractivity contribution >= 4 is 22.9 Å². The standard InChI is InChI=1S/C15H17FN2OS/c1-9-4-7-14(20-9)10(2)18(3)15(19)11-5-6-13(17)12(16)8-11/h4-8,10H,17H2,1-3H3. The van der Waals surface area contributed by atoms with Gasteiger partial charge in [0.2, 0.25) is 0 Å². The minimum Gasteiger partial charge on any atom is -0.396 e. The van der Waals surface area contributed by atoms with Gasteiger partial charge < -0.3 is 10.6 Å². The van der Waals surface area contributed by atoms with Crippen LogP contribution < -0.4 is 5.73 Å². The zero-order valence-electron chi connectivity index (χ0n) is 11.7. The minimum absolute atomic E-state index is 0.0473. The summed E-state index contributed by atoms with van der Waals surface area (Å²) in [5.74, 6) is -0.786. The Balaban J connectivity index is 2.21. The fourth-order valence-electron chi connectivity index (χ4n) is 1.91. The van der Waals surface area contributed by atoms with Gasteiger partial charge in [-0.2, -0.15) is 0 Å². The molecule has 2 aromatic rings. The third kappa shape index (κ3) is 2.82. The lowest BCUT2D eigenvalue weighted by Crippen LogP contribution is -2.29. The van der Waals surface area contributed by atoms with E-state index < -0.39 is 5.82 Å². The summed E-state index contributed by atoms with van der Waals surface area (Å²) < 4.78 is 13.4. The average molecular weight is 292 g/mol. The summed E-state index contributed by atoms with van der Waals surface area (Å²) in [7, 11) is 1.72. The van der Waals surface area contributed by atoms with Gasteiger partial charge in [-0.1, -0.05) is 0 Å². The molecule has 0 spiro atoms. The molecule has 1 aromatic carbocycles. The number of nitrogens with two attached hydrogens (primary N) is 1. The maximum Gasteiger partial charge on any atom is 0.254 e. The second-order valence-corrected chi connectivity index (χ2v) is 6.10. The van der Waals surface area contributed by atoms with E-state index in [1.54, 1.807) is 29.4 Å². The van der Waals surface area contributed by atoms with Gasteiger partial charge >= 0.3 is 0 Å². The van der Waals surface area contributed by atoms with Crippen LogP contribution in [0.4, 0.5) is 10.1 Å². The lowest BCUT2D eigenvalue weighted by molar-refractivity contribution is 0.0744. The lowest BCUT2D eigenvalue weighted by Gasteiger charge is -2.24. The van der Waals surface area contributed by atoms with Gasteiger partial charge in [0, 0.05) is 22.4 Å². The number of hydrogen-bond acceptors (Lipinski definition) is 3. The molecule has 0 aliphatic heterocycles. The maximum atomic E-state index is 13.4. The quantitative estimate of drug-likeness (QED) is 0.878. The molecular weight excluding hydrogens is 275 g/mol. The summed E-state index contributed by atoms with van der Waals surface area (Å²) >= 11 is 1.65. The summed E-state index contributed by atoms with van der Waals surface area (Å²) in [5.41, 5.74) is 5.77. The molecule has 3 nitrogen and oxygen atoms in total. The number of anilines is 1. The van der Waals surface area contributed by atoms with Gasteiger partial charge in [0.15, 0.2) is 0 Å². The second kappa shape index (κ2) is 5.63. The molecule has 1 amide bonds. The number of halogens is 1. The van der Waals surface area contributed by atoms with Crippen molar-refractivity contribution < 1.29 is 9.18 Å². The van der Waals surface area contributed by atoms with Gasteiger partial charge in [-0.05, 0) is 44.2 Å². The summed E-state index contributed by atoms with van der Waals surface area (Å²) in [6.07, 6.45) is 0. The van der Waals surface area contributed by atoms with E-state index in [-0.39, 0.29) is 17.6 Å². The molecule has 0 bridgehead atoms. The first-order chi connectivity index (χ1) is 9.40. The van der Waals surface area contributed by atoms with E-state index in [2.05, 4.69) is 0 Å². The van der Waals surface area contributed by atoms with E-state index in [0.29, 0.717) is 5.56 Å². The van der Waals surface area contributed by atoms with E-state index in [0.717, 1.165) is 4.88 Å². The largest absolute Gasteiger partial charge is 0.396 e. The zero-order valence-corrected chi connectivity index (χ0v) is 12.5. The third-order valence-electron chi connectivity index (χ3n) is 3.32. The van der Waals surface area contributed by atoms with Crippen LogP contribution in [0.5, 0.6) is 0 Å². The molecule has 1 aromatic heterocycles. The lowest BCUT2D eigenvalue weighted by atomic mass is 10.1. The molecule has 1 atom stereocenters. The Kier molecular flexibility index (Phi) is 4.09. The highest BCUT2D eigenvalue weighted by molar-refractivity contribution is 7.12. The number of thiophene rings is 1. The van der Waals surface area contributed by atoms with Crippen molar-refractivity contribution in [1.29, 1.82) is 0 Å². The number of amides is 1. The Labute approximate surface area is 121 Å². The van der Waals surface area contributed by atoms with Crippen molar-refractivity contribution in [3.63, 3.8) is 0 Å². The number of benzene rings is 1. The van der Waals surface area contributed by atoms with E-state index in [4.69, 9.17) is 5.73 Å². The van der Waals surface area contributed by atoms with Gasteiger partial charge in [0.1, 0.15) is 5.82 Å². The van der Waals surface area contributed by atoms with Gasteiger partial charge in [-0.15, -0.1) is 11.3 Å². The Morgan fingerprint density at radius 2 is 2.05 bits per heavy atom. The van der Waals surface area contributed by atoms with Gasteiger partial charge in [0.05, 0.1) is 11.7 Å². The maximum absolute atomic E-state index is 13.4. The molecule has 1 unspecified atom stereocenters. The molecule has 0 aliphatic rings. The molecule has 0 fully saturated rings. The van der Waals surface area contributed by atoms with E-state index in [1.165, 1.54) is 17.0 Å². The highest BCUT2D eigenvalue weighted by atomic mass is 32.1.